The molecular formula is C14H16O4S. The van der Waals surface area contributed by atoms with Gasteiger partial charge in [0.25, 0.3) is 0 Å². The van der Waals surface area contributed by atoms with Crippen LogP contribution in [0.4, 0.5) is 0 Å². The van der Waals surface area contributed by atoms with Crippen molar-refractivity contribution in [3.8, 4) is 0 Å². The van der Waals surface area contributed by atoms with E-state index in [1.807, 2.05) is 12.1 Å². The van der Waals surface area contributed by atoms with Gasteiger partial charge in [0, 0.05) is 11.0 Å². The van der Waals surface area contributed by atoms with Crippen LogP contribution in [0.5, 0.6) is 0 Å². The molecule has 5 heteroatoms. The summed E-state index contributed by atoms with van der Waals surface area (Å²) in [5, 5.41) is 17.5. The normalized spacial score (nSPS) is 12.3. The van der Waals surface area contributed by atoms with E-state index in [2.05, 4.69) is 20.8 Å². The van der Waals surface area contributed by atoms with Gasteiger partial charge in [-0.25, -0.2) is 9.59 Å². The van der Waals surface area contributed by atoms with E-state index in [0.29, 0.717) is 11.0 Å². The molecule has 1 rings (SSSR count). The average Bonchev–Trinajstić information content (AvgIpc) is 2.27. The molecule has 0 saturated heterocycles. The monoisotopic (exact) mass is 280 g/mol. The van der Waals surface area contributed by atoms with Gasteiger partial charge in [0.1, 0.15) is 4.91 Å². The zero-order valence-corrected chi connectivity index (χ0v) is 11.8. The molecule has 0 unspecified atom stereocenters. The molecule has 0 fully saturated rings. The topological polar surface area (TPSA) is 74.6 Å². The Bertz CT molecular complexity index is 509. The fraction of sp³-hybridized carbons (Fsp3) is 0.286. The summed E-state index contributed by atoms with van der Waals surface area (Å²) < 4.78 is 0. The van der Waals surface area contributed by atoms with Gasteiger partial charge < -0.3 is 10.2 Å². The number of carboxylic acid groups (broad SMARTS) is 2. The van der Waals surface area contributed by atoms with Gasteiger partial charge in [0.15, 0.2) is 0 Å². The first kappa shape index (κ1) is 15.3. The van der Waals surface area contributed by atoms with Crippen LogP contribution in [0.3, 0.4) is 0 Å². The lowest BCUT2D eigenvalue weighted by atomic mass is 9.87. The van der Waals surface area contributed by atoms with E-state index >= 15 is 0 Å². The SMILES string of the molecule is CC(C)(C)c1ccc(SC(=CC(=O)O)C(=O)O)cc1. The van der Waals surface area contributed by atoms with Crippen molar-refractivity contribution in [3.63, 3.8) is 0 Å². The largest absolute Gasteiger partial charge is 0.478 e. The van der Waals surface area contributed by atoms with Crippen LogP contribution in [0.2, 0.25) is 0 Å². The summed E-state index contributed by atoms with van der Waals surface area (Å²) in [5.41, 5.74) is 1.16. The Kier molecular flexibility index (Phi) is 4.78. The highest BCUT2D eigenvalue weighted by Gasteiger charge is 2.15. The van der Waals surface area contributed by atoms with Crippen molar-refractivity contribution < 1.29 is 19.8 Å². The van der Waals surface area contributed by atoms with Crippen molar-refractivity contribution in [1.29, 1.82) is 0 Å². The lowest BCUT2D eigenvalue weighted by Gasteiger charge is -2.19. The van der Waals surface area contributed by atoms with E-state index in [-0.39, 0.29) is 10.3 Å². The van der Waals surface area contributed by atoms with E-state index in [4.69, 9.17) is 10.2 Å². The van der Waals surface area contributed by atoms with Crippen molar-refractivity contribution in [2.24, 2.45) is 0 Å². The summed E-state index contributed by atoms with van der Waals surface area (Å²) in [7, 11) is 0. The van der Waals surface area contributed by atoms with Crippen molar-refractivity contribution in [2.45, 2.75) is 31.1 Å². The molecule has 0 saturated carbocycles. The maximum Gasteiger partial charge on any atom is 0.342 e. The number of thioether (sulfide) groups is 1. The minimum absolute atomic E-state index is 0.0235. The molecule has 0 amide bonds. The predicted octanol–water partition coefficient (Wildman–Crippen LogP) is 3.13. The van der Waals surface area contributed by atoms with Crippen molar-refractivity contribution >= 4 is 23.7 Å². The zero-order valence-electron chi connectivity index (χ0n) is 11.0. The first-order valence-electron chi connectivity index (χ1n) is 5.66. The predicted molar refractivity (Wildman–Crippen MR) is 74.4 cm³/mol. The number of carbonyl (C=O) groups is 2. The van der Waals surface area contributed by atoms with Gasteiger partial charge >= 0.3 is 11.9 Å². The molecule has 0 aliphatic rings. The highest BCUT2D eigenvalue weighted by Crippen LogP contribution is 2.29. The molecule has 0 heterocycles. The van der Waals surface area contributed by atoms with Crippen molar-refractivity contribution in [1.82, 2.24) is 0 Å². The Morgan fingerprint density at radius 2 is 1.63 bits per heavy atom. The number of aliphatic carboxylic acids is 2. The van der Waals surface area contributed by atoms with Crippen molar-refractivity contribution in [2.75, 3.05) is 0 Å². The molecule has 2 N–H and O–H groups in total. The first-order valence-corrected chi connectivity index (χ1v) is 6.48. The molecule has 4 nitrogen and oxygen atoms in total. The summed E-state index contributed by atoms with van der Waals surface area (Å²) >= 11 is 0.925. The molecule has 0 aliphatic carbocycles. The lowest BCUT2D eigenvalue weighted by Crippen LogP contribution is -2.10. The van der Waals surface area contributed by atoms with Gasteiger partial charge in [0.05, 0.1) is 0 Å². The third-order valence-electron chi connectivity index (χ3n) is 2.41. The molecule has 19 heavy (non-hydrogen) atoms. The minimum Gasteiger partial charge on any atom is -0.478 e. The quantitative estimate of drug-likeness (QED) is 0.654. The van der Waals surface area contributed by atoms with Crippen LogP contribution in [0, 0.1) is 0 Å². The van der Waals surface area contributed by atoms with E-state index in [0.717, 1.165) is 17.3 Å². The molecule has 102 valence electrons. The second kappa shape index (κ2) is 5.93. The molecule has 1 aromatic rings. The smallest absolute Gasteiger partial charge is 0.342 e. The summed E-state index contributed by atoms with van der Waals surface area (Å²) in [6.07, 6.45) is 0.699. The van der Waals surface area contributed by atoms with Gasteiger partial charge in [-0.05, 0) is 23.1 Å². The molecule has 0 atom stereocenters. The number of carboxylic acids is 2. The molecule has 0 aliphatic heterocycles. The Morgan fingerprint density at radius 3 is 2.00 bits per heavy atom. The first-order chi connectivity index (χ1) is 8.70. The lowest BCUT2D eigenvalue weighted by molar-refractivity contribution is -0.134. The highest BCUT2D eigenvalue weighted by atomic mass is 32.2. The third kappa shape index (κ3) is 4.79. The van der Waals surface area contributed by atoms with Crippen LogP contribution in [0.15, 0.2) is 40.1 Å². The number of hydrogen-bond donors (Lipinski definition) is 2. The third-order valence-corrected chi connectivity index (χ3v) is 3.43. The molecular weight excluding hydrogens is 264 g/mol. The molecule has 0 bridgehead atoms. The molecule has 0 spiro atoms. The second-order valence-corrected chi connectivity index (χ2v) is 6.14. The fourth-order valence-corrected chi connectivity index (χ4v) is 2.17. The maximum atomic E-state index is 10.9. The number of rotatable bonds is 4. The van der Waals surface area contributed by atoms with Gasteiger partial charge in [-0.15, -0.1) is 0 Å². The average molecular weight is 280 g/mol. The minimum atomic E-state index is -1.27. The second-order valence-electron chi connectivity index (χ2n) is 5.03. The summed E-state index contributed by atoms with van der Waals surface area (Å²) in [5.74, 6) is -2.51. The summed E-state index contributed by atoms with van der Waals surface area (Å²) in [4.78, 5) is 21.9. The van der Waals surface area contributed by atoms with E-state index in [9.17, 15) is 9.59 Å². The Morgan fingerprint density at radius 1 is 1.11 bits per heavy atom. The van der Waals surface area contributed by atoms with Crippen LogP contribution < -0.4 is 0 Å². The van der Waals surface area contributed by atoms with Gasteiger partial charge in [-0.1, -0.05) is 44.7 Å². The Hall–Kier alpha value is -1.75. The van der Waals surface area contributed by atoms with Crippen LogP contribution in [0.25, 0.3) is 0 Å². The molecule has 0 aromatic heterocycles. The molecule has 1 aromatic carbocycles. The Balaban J connectivity index is 2.94. The fourth-order valence-electron chi connectivity index (χ4n) is 1.40. The van der Waals surface area contributed by atoms with Crippen LogP contribution >= 0.6 is 11.8 Å². The number of benzene rings is 1. The van der Waals surface area contributed by atoms with E-state index < -0.39 is 11.9 Å². The van der Waals surface area contributed by atoms with E-state index in [1.165, 1.54) is 0 Å². The van der Waals surface area contributed by atoms with Crippen LogP contribution in [-0.2, 0) is 15.0 Å². The van der Waals surface area contributed by atoms with E-state index in [1.54, 1.807) is 12.1 Å². The molecule has 0 radical (unpaired) electrons. The highest BCUT2D eigenvalue weighted by molar-refractivity contribution is 8.04. The number of hydrogen-bond acceptors (Lipinski definition) is 3. The van der Waals surface area contributed by atoms with Crippen LogP contribution in [0.1, 0.15) is 26.3 Å². The summed E-state index contributed by atoms with van der Waals surface area (Å²) in [6.45, 7) is 6.26. The van der Waals surface area contributed by atoms with Gasteiger partial charge in [-0.3, -0.25) is 0 Å². The summed E-state index contributed by atoms with van der Waals surface area (Å²) in [6, 6.07) is 7.43. The standard InChI is InChI=1S/C14H16O4S/c1-14(2,3)9-4-6-10(7-5-9)19-11(13(17)18)8-12(15)16/h4-8H,1-3H3,(H,15,16)(H,17,18). The van der Waals surface area contributed by atoms with Crippen LogP contribution in [-0.4, -0.2) is 22.2 Å². The van der Waals surface area contributed by atoms with Crippen molar-refractivity contribution in [3.05, 3.63) is 40.8 Å². The maximum absolute atomic E-state index is 10.9. The zero-order chi connectivity index (χ0) is 14.6. The van der Waals surface area contributed by atoms with Gasteiger partial charge in [-0.2, -0.15) is 0 Å². The van der Waals surface area contributed by atoms with Gasteiger partial charge in [0.2, 0.25) is 0 Å². The Labute approximate surface area is 116 Å².